The zero-order valence-corrected chi connectivity index (χ0v) is 15.1. The summed E-state index contributed by atoms with van der Waals surface area (Å²) in [6.45, 7) is 6.94. The minimum Gasteiger partial charge on any atom is -0.393 e. The van der Waals surface area contributed by atoms with Crippen molar-refractivity contribution >= 4 is 0 Å². The summed E-state index contributed by atoms with van der Waals surface area (Å²) in [7, 11) is 0. The van der Waals surface area contributed by atoms with Gasteiger partial charge in [-0.25, -0.2) is 0 Å². The van der Waals surface area contributed by atoms with Gasteiger partial charge in [-0.1, -0.05) is 25.5 Å². The molecule has 0 radical (unpaired) electrons. The highest BCUT2D eigenvalue weighted by molar-refractivity contribution is 5.29. The summed E-state index contributed by atoms with van der Waals surface area (Å²) in [4.78, 5) is 0. The fourth-order valence-corrected chi connectivity index (χ4v) is 7.33. The van der Waals surface area contributed by atoms with Gasteiger partial charge in [0.15, 0.2) is 0 Å². The number of hydrogen-bond donors (Lipinski definition) is 2. The first-order chi connectivity index (χ1) is 10.9. The van der Waals surface area contributed by atoms with Crippen molar-refractivity contribution in [3.05, 3.63) is 11.6 Å². The average Bonchev–Trinajstić information content (AvgIpc) is 2.85. The highest BCUT2D eigenvalue weighted by Crippen LogP contribution is 2.65. The van der Waals surface area contributed by atoms with Crippen molar-refractivity contribution in [3.63, 3.8) is 0 Å². The van der Waals surface area contributed by atoms with Gasteiger partial charge in [-0.3, -0.25) is 0 Å². The number of rotatable bonds is 1. The summed E-state index contributed by atoms with van der Waals surface area (Å²) in [6.07, 6.45) is 11.8. The fraction of sp³-hybridized carbons (Fsp3) is 0.905. The second kappa shape index (κ2) is 5.33. The Morgan fingerprint density at radius 2 is 1.91 bits per heavy atom. The van der Waals surface area contributed by atoms with Crippen LogP contribution >= 0.6 is 0 Å². The van der Waals surface area contributed by atoms with Crippen LogP contribution in [0, 0.1) is 34.5 Å². The molecule has 0 amide bonds. The van der Waals surface area contributed by atoms with E-state index in [4.69, 9.17) is 0 Å². The normalized spacial score (nSPS) is 53.8. The van der Waals surface area contributed by atoms with E-state index in [0.717, 1.165) is 31.1 Å². The van der Waals surface area contributed by atoms with Gasteiger partial charge in [0.1, 0.15) is 0 Å². The molecule has 4 aliphatic carbocycles. The molecule has 4 rings (SSSR count). The van der Waals surface area contributed by atoms with Crippen LogP contribution in [0.5, 0.6) is 0 Å². The molecule has 8 atom stereocenters. The molecule has 0 aromatic rings. The predicted octanol–water partition coefficient (Wildman–Crippen LogP) is 4.31. The SMILES string of the molecule is CC(O)[C@H]1CC[C@H]2[C@@H]3CC[C@H]4CC(O)CC[C@]4(C)C3=CC[C@]12C. The van der Waals surface area contributed by atoms with Crippen LogP contribution in [0.2, 0.25) is 0 Å². The molecule has 0 saturated heterocycles. The van der Waals surface area contributed by atoms with Gasteiger partial charge in [0.2, 0.25) is 0 Å². The first-order valence-electron chi connectivity index (χ1n) is 9.93. The van der Waals surface area contributed by atoms with Crippen molar-refractivity contribution in [1.82, 2.24) is 0 Å². The molecule has 130 valence electrons. The lowest BCUT2D eigenvalue weighted by molar-refractivity contribution is -0.0241. The third-order valence-corrected chi connectivity index (χ3v) is 8.65. The van der Waals surface area contributed by atoms with Gasteiger partial charge in [-0.05, 0) is 92.8 Å². The van der Waals surface area contributed by atoms with Crippen LogP contribution < -0.4 is 0 Å². The Morgan fingerprint density at radius 1 is 1.13 bits per heavy atom. The molecular weight excluding hydrogens is 284 g/mol. The molecule has 0 aromatic heterocycles. The lowest BCUT2D eigenvalue weighted by Crippen LogP contribution is -2.49. The Bertz CT molecular complexity index is 510. The van der Waals surface area contributed by atoms with Crippen LogP contribution in [-0.2, 0) is 0 Å². The van der Waals surface area contributed by atoms with Crippen LogP contribution in [0.15, 0.2) is 11.6 Å². The van der Waals surface area contributed by atoms with E-state index in [1.165, 1.54) is 32.1 Å². The van der Waals surface area contributed by atoms with Crippen molar-refractivity contribution in [2.24, 2.45) is 34.5 Å². The van der Waals surface area contributed by atoms with Gasteiger partial charge in [0.25, 0.3) is 0 Å². The number of fused-ring (bicyclic) bond motifs is 5. The van der Waals surface area contributed by atoms with E-state index in [9.17, 15) is 10.2 Å². The fourth-order valence-electron chi connectivity index (χ4n) is 7.33. The monoisotopic (exact) mass is 318 g/mol. The van der Waals surface area contributed by atoms with E-state index in [2.05, 4.69) is 19.9 Å². The molecule has 2 unspecified atom stereocenters. The molecule has 23 heavy (non-hydrogen) atoms. The number of allylic oxidation sites excluding steroid dienone is 2. The molecule has 0 spiro atoms. The van der Waals surface area contributed by atoms with Gasteiger partial charge in [-0.15, -0.1) is 0 Å². The van der Waals surface area contributed by atoms with Crippen LogP contribution in [0.3, 0.4) is 0 Å². The summed E-state index contributed by atoms with van der Waals surface area (Å²) in [5.41, 5.74) is 2.39. The minimum absolute atomic E-state index is 0.0646. The molecule has 0 bridgehead atoms. The van der Waals surface area contributed by atoms with Crippen LogP contribution in [-0.4, -0.2) is 22.4 Å². The van der Waals surface area contributed by atoms with Crippen LogP contribution in [0.4, 0.5) is 0 Å². The van der Waals surface area contributed by atoms with Crippen molar-refractivity contribution < 1.29 is 10.2 Å². The number of aliphatic hydroxyl groups is 2. The van der Waals surface area contributed by atoms with Crippen molar-refractivity contribution in [2.45, 2.75) is 84.3 Å². The molecule has 0 aromatic carbocycles. The van der Waals surface area contributed by atoms with E-state index >= 15 is 0 Å². The van der Waals surface area contributed by atoms with E-state index < -0.39 is 0 Å². The van der Waals surface area contributed by atoms with E-state index in [-0.39, 0.29) is 12.2 Å². The zero-order chi connectivity index (χ0) is 16.4. The highest BCUT2D eigenvalue weighted by Gasteiger charge is 2.57. The standard InChI is InChI=1S/C21H34O2/c1-13(22)17-6-7-18-16-5-4-14-12-15(23)8-10-20(14,2)19(16)9-11-21(17,18)3/h9,13-18,22-23H,4-8,10-12H2,1-3H3/t13?,14-,15?,16-,17+,18-,20-,21+/m0/s1. The van der Waals surface area contributed by atoms with Gasteiger partial charge < -0.3 is 10.2 Å². The molecule has 2 heteroatoms. The Labute approximate surface area is 141 Å². The summed E-state index contributed by atoms with van der Waals surface area (Å²) >= 11 is 0. The lowest BCUT2D eigenvalue weighted by Gasteiger charge is -2.57. The van der Waals surface area contributed by atoms with E-state index in [0.29, 0.717) is 22.7 Å². The van der Waals surface area contributed by atoms with Crippen LogP contribution in [0.1, 0.15) is 72.1 Å². The highest BCUT2D eigenvalue weighted by atomic mass is 16.3. The van der Waals surface area contributed by atoms with Gasteiger partial charge in [0, 0.05) is 0 Å². The van der Waals surface area contributed by atoms with E-state index in [1.807, 2.05) is 6.92 Å². The molecule has 3 saturated carbocycles. The molecule has 0 aliphatic heterocycles. The minimum atomic E-state index is -0.170. The van der Waals surface area contributed by atoms with Crippen LogP contribution in [0.25, 0.3) is 0 Å². The first-order valence-corrected chi connectivity index (χ1v) is 9.93. The summed E-state index contributed by atoms with van der Waals surface area (Å²) in [5, 5.41) is 20.4. The summed E-state index contributed by atoms with van der Waals surface area (Å²) in [6, 6.07) is 0. The van der Waals surface area contributed by atoms with E-state index in [1.54, 1.807) is 5.57 Å². The van der Waals surface area contributed by atoms with Gasteiger partial charge >= 0.3 is 0 Å². The van der Waals surface area contributed by atoms with Gasteiger partial charge in [0.05, 0.1) is 12.2 Å². The summed E-state index contributed by atoms with van der Waals surface area (Å²) < 4.78 is 0. The Balaban J connectivity index is 1.67. The topological polar surface area (TPSA) is 40.5 Å². The molecular formula is C21H34O2. The third-order valence-electron chi connectivity index (χ3n) is 8.65. The molecule has 2 N–H and O–H groups in total. The Kier molecular flexibility index (Phi) is 3.74. The third kappa shape index (κ3) is 2.20. The lowest BCUT2D eigenvalue weighted by atomic mass is 9.48. The second-order valence-corrected chi connectivity index (χ2v) is 9.63. The van der Waals surface area contributed by atoms with Crippen molar-refractivity contribution in [1.29, 1.82) is 0 Å². The maximum Gasteiger partial charge on any atom is 0.0545 e. The van der Waals surface area contributed by atoms with Gasteiger partial charge in [-0.2, -0.15) is 0 Å². The Hall–Kier alpha value is -0.340. The predicted molar refractivity (Wildman–Crippen MR) is 92.9 cm³/mol. The zero-order valence-electron chi connectivity index (χ0n) is 15.1. The van der Waals surface area contributed by atoms with Crippen molar-refractivity contribution in [3.8, 4) is 0 Å². The maximum atomic E-state index is 10.3. The smallest absolute Gasteiger partial charge is 0.0545 e. The average molecular weight is 319 g/mol. The Morgan fingerprint density at radius 3 is 2.65 bits per heavy atom. The number of aliphatic hydroxyl groups excluding tert-OH is 2. The molecule has 3 fully saturated rings. The summed E-state index contributed by atoms with van der Waals surface area (Å²) in [5.74, 6) is 2.68. The molecule has 2 nitrogen and oxygen atoms in total. The molecule has 0 heterocycles. The molecule has 4 aliphatic rings. The van der Waals surface area contributed by atoms with Crippen molar-refractivity contribution in [2.75, 3.05) is 0 Å². The largest absolute Gasteiger partial charge is 0.393 e. The quantitative estimate of drug-likeness (QED) is 0.707. The first kappa shape index (κ1) is 16.1. The second-order valence-electron chi connectivity index (χ2n) is 9.63. The maximum absolute atomic E-state index is 10.3. The number of hydrogen-bond acceptors (Lipinski definition) is 2.